The second kappa shape index (κ2) is 8.68. The summed E-state index contributed by atoms with van der Waals surface area (Å²) in [6, 6.07) is 18.3. The standard InChI is InChI=1S/C22H24ClN3O/c23-20-10-8-19(9-11-20)22-25-24-21(27-22)16-26-14-12-18(13-15-26)7-6-17-4-2-1-3-5-17/h1-5,8-11,18H,6-7,12-16H2. The smallest absolute Gasteiger partial charge is 0.247 e. The fourth-order valence-electron chi connectivity index (χ4n) is 3.67. The normalized spacial score (nSPS) is 15.9. The van der Waals surface area contributed by atoms with Crippen LogP contribution in [0.1, 0.15) is 30.7 Å². The van der Waals surface area contributed by atoms with E-state index in [0.717, 1.165) is 31.1 Å². The molecule has 5 heteroatoms. The summed E-state index contributed by atoms with van der Waals surface area (Å²) in [5, 5.41) is 9.09. The maximum atomic E-state index is 5.93. The Bertz CT molecular complexity index is 840. The summed E-state index contributed by atoms with van der Waals surface area (Å²) in [6.45, 7) is 2.92. The van der Waals surface area contributed by atoms with Gasteiger partial charge in [0.2, 0.25) is 11.8 Å². The van der Waals surface area contributed by atoms with Crippen LogP contribution >= 0.6 is 11.6 Å². The van der Waals surface area contributed by atoms with Crippen LogP contribution in [0.5, 0.6) is 0 Å². The number of hydrogen-bond acceptors (Lipinski definition) is 4. The van der Waals surface area contributed by atoms with Crippen LogP contribution in [0.3, 0.4) is 0 Å². The van der Waals surface area contributed by atoms with Crippen molar-refractivity contribution in [2.75, 3.05) is 13.1 Å². The number of nitrogens with zero attached hydrogens (tertiary/aromatic N) is 3. The quantitative estimate of drug-likeness (QED) is 0.586. The highest BCUT2D eigenvalue weighted by Gasteiger charge is 2.21. The number of likely N-dealkylation sites (tertiary alicyclic amines) is 1. The van der Waals surface area contributed by atoms with E-state index in [4.69, 9.17) is 16.0 Å². The van der Waals surface area contributed by atoms with Crippen LogP contribution in [0, 0.1) is 5.92 Å². The summed E-state index contributed by atoms with van der Waals surface area (Å²) in [5.74, 6) is 2.05. The van der Waals surface area contributed by atoms with Gasteiger partial charge in [-0.05, 0) is 74.5 Å². The Balaban J connectivity index is 1.25. The number of rotatable bonds is 6. The van der Waals surface area contributed by atoms with Crippen LogP contribution in [-0.4, -0.2) is 28.2 Å². The third-order valence-electron chi connectivity index (χ3n) is 5.31. The van der Waals surface area contributed by atoms with Crippen LogP contribution in [0.15, 0.2) is 59.0 Å². The molecule has 4 rings (SSSR count). The van der Waals surface area contributed by atoms with Crippen molar-refractivity contribution >= 4 is 11.6 Å². The van der Waals surface area contributed by atoms with E-state index in [1.165, 1.54) is 31.2 Å². The summed E-state index contributed by atoms with van der Waals surface area (Å²) in [7, 11) is 0. The molecule has 0 saturated carbocycles. The van der Waals surface area contributed by atoms with E-state index in [9.17, 15) is 0 Å². The predicted octanol–water partition coefficient (Wildman–Crippen LogP) is 5.23. The molecule has 0 spiro atoms. The number of benzene rings is 2. The maximum Gasteiger partial charge on any atom is 0.247 e. The molecule has 0 bridgehead atoms. The van der Waals surface area contributed by atoms with E-state index in [1.54, 1.807) is 0 Å². The SMILES string of the molecule is Clc1ccc(-c2nnc(CN3CCC(CCc4ccccc4)CC3)o2)cc1. The van der Waals surface area contributed by atoms with Crippen LogP contribution in [0.25, 0.3) is 11.5 Å². The average Bonchev–Trinajstić information content (AvgIpc) is 3.17. The fourth-order valence-corrected chi connectivity index (χ4v) is 3.79. The van der Waals surface area contributed by atoms with E-state index < -0.39 is 0 Å². The largest absolute Gasteiger partial charge is 0.419 e. The van der Waals surface area contributed by atoms with Gasteiger partial charge in [0.05, 0.1) is 6.54 Å². The van der Waals surface area contributed by atoms with Gasteiger partial charge in [0.1, 0.15) is 0 Å². The molecule has 2 heterocycles. The minimum Gasteiger partial charge on any atom is -0.419 e. The molecule has 27 heavy (non-hydrogen) atoms. The zero-order valence-electron chi connectivity index (χ0n) is 15.4. The van der Waals surface area contributed by atoms with E-state index in [2.05, 4.69) is 45.4 Å². The molecule has 0 unspecified atom stereocenters. The first-order valence-corrected chi connectivity index (χ1v) is 9.98. The summed E-state index contributed by atoms with van der Waals surface area (Å²) in [4.78, 5) is 2.41. The van der Waals surface area contributed by atoms with Gasteiger partial charge in [-0.3, -0.25) is 4.90 Å². The Hall–Kier alpha value is -2.17. The highest BCUT2D eigenvalue weighted by molar-refractivity contribution is 6.30. The summed E-state index contributed by atoms with van der Waals surface area (Å²) < 4.78 is 5.84. The van der Waals surface area contributed by atoms with Crippen LogP contribution in [-0.2, 0) is 13.0 Å². The van der Waals surface area contributed by atoms with Crippen molar-refractivity contribution < 1.29 is 4.42 Å². The van der Waals surface area contributed by atoms with Gasteiger partial charge in [-0.25, -0.2) is 0 Å². The number of piperidine rings is 1. The topological polar surface area (TPSA) is 42.2 Å². The van der Waals surface area contributed by atoms with Crippen molar-refractivity contribution in [3.05, 3.63) is 71.1 Å². The Labute approximate surface area is 165 Å². The molecule has 1 saturated heterocycles. The van der Waals surface area contributed by atoms with E-state index in [0.29, 0.717) is 16.8 Å². The average molecular weight is 382 g/mol. The van der Waals surface area contributed by atoms with Crippen molar-refractivity contribution in [1.29, 1.82) is 0 Å². The monoisotopic (exact) mass is 381 g/mol. The number of halogens is 1. The zero-order valence-corrected chi connectivity index (χ0v) is 16.1. The van der Waals surface area contributed by atoms with E-state index >= 15 is 0 Å². The van der Waals surface area contributed by atoms with Crippen LogP contribution in [0.2, 0.25) is 5.02 Å². The summed E-state index contributed by atoms with van der Waals surface area (Å²) in [6.07, 6.45) is 4.94. The number of aromatic nitrogens is 2. The second-order valence-corrected chi connectivity index (χ2v) is 7.69. The molecule has 4 nitrogen and oxygen atoms in total. The molecular weight excluding hydrogens is 358 g/mol. The maximum absolute atomic E-state index is 5.93. The molecule has 0 atom stereocenters. The van der Waals surface area contributed by atoms with E-state index in [-0.39, 0.29) is 0 Å². The van der Waals surface area contributed by atoms with Gasteiger partial charge in [-0.1, -0.05) is 41.9 Å². The highest BCUT2D eigenvalue weighted by Crippen LogP contribution is 2.25. The Kier molecular flexibility index (Phi) is 5.85. The van der Waals surface area contributed by atoms with Crippen LogP contribution in [0.4, 0.5) is 0 Å². The third-order valence-corrected chi connectivity index (χ3v) is 5.56. The zero-order chi connectivity index (χ0) is 18.5. The van der Waals surface area contributed by atoms with Crippen molar-refractivity contribution in [3.63, 3.8) is 0 Å². The third kappa shape index (κ3) is 4.96. The minimum absolute atomic E-state index is 0.555. The van der Waals surface area contributed by atoms with Crippen molar-refractivity contribution in [2.24, 2.45) is 5.92 Å². The Morgan fingerprint density at radius 3 is 2.44 bits per heavy atom. The lowest BCUT2D eigenvalue weighted by atomic mass is 9.90. The molecule has 1 aromatic heterocycles. The summed E-state index contributed by atoms with van der Waals surface area (Å²) >= 11 is 5.93. The van der Waals surface area contributed by atoms with Crippen molar-refractivity contribution in [1.82, 2.24) is 15.1 Å². The predicted molar refractivity (Wildman–Crippen MR) is 108 cm³/mol. The molecule has 0 N–H and O–H groups in total. The highest BCUT2D eigenvalue weighted by atomic mass is 35.5. The second-order valence-electron chi connectivity index (χ2n) is 7.25. The summed E-state index contributed by atoms with van der Waals surface area (Å²) in [5.41, 5.74) is 2.35. The lowest BCUT2D eigenvalue weighted by Gasteiger charge is -2.31. The first kappa shape index (κ1) is 18.2. The Morgan fingerprint density at radius 2 is 1.70 bits per heavy atom. The molecule has 0 amide bonds. The lowest BCUT2D eigenvalue weighted by molar-refractivity contribution is 0.160. The fraction of sp³-hybridized carbons (Fsp3) is 0.364. The van der Waals surface area contributed by atoms with Gasteiger partial charge >= 0.3 is 0 Å². The van der Waals surface area contributed by atoms with Crippen molar-refractivity contribution in [3.8, 4) is 11.5 Å². The van der Waals surface area contributed by atoms with Gasteiger partial charge < -0.3 is 4.42 Å². The van der Waals surface area contributed by atoms with Gasteiger partial charge in [-0.15, -0.1) is 10.2 Å². The van der Waals surface area contributed by atoms with Gasteiger partial charge in [0.25, 0.3) is 0 Å². The number of hydrogen-bond donors (Lipinski definition) is 0. The molecule has 1 aliphatic heterocycles. The lowest BCUT2D eigenvalue weighted by Crippen LogP contribution is -2.33. The molecule has 3 aromatic rings. The van der Waals surface area contributed by atoms with Crippen molar-refractivity contribution in [2.45, 2.75) is 32.2 Å². The van der Waals surface area contributed by atoms with Gasteiger partial charge in [0, 0.05) is 10.6 Å². The minimum atomic E-state index is 0.555. The van der Waals surface area contributed by atoms with Crippen LogP contribution < -0.4 is 0 Å². The van der Waals surface area contributed by atoms with E-state index in [1.807, 2.05) is 24.3 Å². The van der Waals surface area contributed by atoms with Gasteiger partial charge in [0.15, 0.2) is 0 Å². The Morgan fingerprint density at radius 1 is 0.963 bits per heavy atom. The molecule has 140 valence electrons. The molecule has 0 radical (unpaired) electrons. The molecule has 1 aliphatic rings. The number of aryl methyl sites for hydroxylation is 1. The first-order valence-electron chi connectivity index (χ1n) is 9.61. The molecular formula is C22H24ClN3O. The molecule has 1 fully saturated rings. The first-order chi connectivity index (χ1) is 13.3. The molecule has 2 aromatic carbocycles. The van der Waals surface area contributed by atoms with Gasteiger partial charge in [-0.2, -0.15) is 0 Å². The molecule has 0 aliphatic carbocycles.